The molecule has 2 aliphatic heterocycles. The number of hydrogen-bond donors (Lipinski definition) is 0. The highest BCUT2D eigenvalue weighted by Gasteiger charge is 2.26. The highest BCUT2D eigenvalue weighted by molar-refractivity contribution is 6.12. The Bertz CT molecular complexity index is 905. The summed E-state index contributed by atoms with van der Waals surface area (Å²) in [4.78, 5) is 4.93. The quantitative estimate of drug-likeness (QED) is 0.456. The van der Waals surface area contributed by atoms with E-state index in [1.165, 1.54) is 43.2 Å². The van der Waals surface area contributed by atoms with Gasteiger partial charge in [-0.05, 0) is 47.9 Å². The first-order valence-corrected chi connectivity index (χ1v) is 10.6. The number of allylic oxidation sites excluding steroid dienone is 1. The van der Waals surface area contributed by atoms with Crippen LogP contribution in [0.4, 0.5) is 0 Å². The number of hydrogen-bond acceptors (Lipinski definition) is 4. The van der Waals surface area contributed by atoms with Crippen molar-refractivity contribution in [2.45, 2.75) is 44.9 Å². The molecule has 1 atom stereocenters. The van der Waals surface area contributed by atoms with Gasteiger partial charge in [0, 0.05) is 18.0 Å². The van der Waals surface area contributed by atoms with Gasteiger partial charge in [-0.3, -0.25) is 4.99 Å². The first-order valence-electron chi connectivity index (χ1n) is 10.6. The van der Waals surface area contributed by atoms with Gasteiger partial charge in [0.2, 0.25) is 6.79 Å². The molecule has 2 aliphatic rings. The number of fused-ring (bicyclic) bond motifs is 2. The molecule has 4 nitrogen and oxygen atoms in total. The van der Waals surface area contributed by atoms with Gasteiger partial charge in [-0.2, -0.15) is 0 Å². The van der Waals surface area contributed by atoms with Crippen LogP contribution >= 0.6 is 12.4 Å². The average molecular weight is 428 g/mol. The third kappa shape index (κ3) is 4.99. The Kier molecular flexibility index (Phi) is 7.81. The van der Waals surface area contributed by atoms with Gasteiger partial charge >= 0.3 is 0 Å². The largest absolute Gasteiger partial charge is 0.497 e. The van der Waals surface area contributed by atoms with E-state index in [0.29, 0.717) is 12.7 Å². The zero-order valence-corrected chi connectivity index (χ0v) is 18.5. The van der Waals surface area contributed by atoms with E-state index in [0.717, 1.165) is 35.1 Å². The lowest BCUT2D eigenvalue weighted by molar-refractivity contribution is 0.174. The number of unbranched alkanes of at least 4 members (excludes halogenated alkanes) is 3. The third-order valence-electron chi connectivity index (χ3n) is 5.70. The summed E-state index contributed by atoms with van der Waals surface area (Å²) < 4.78 is 16.5. The molecule has 2 heterocycles. The van der Waals surface area contributed by atoms with Crippen molar-refractivity contribution < 1.29 is 14.2 Å². The van der Waals surface area contributed by atoms with Gasteiger partial charge < -0.3 is 14.2 Å². The van der Waals surface area contributed by atoms with E-state index in [1.807, 2.05) is 12.1 Å². The van der Waals surface area contributed by atoms with Crippen LogP contribution in [0.25, 0.3) is 6.08 Å². The lowest BCUT2D eigenvalue weighted by Crippen LogP contribution is -2.16. The van der Waals surface area contributed by atoms with E-state index >= 15 is 0 Å². The predicted octanol–water partition coefficient (Wildman–Crippen LogP) is 6.42. The summed E-state index contributed by atoms with van der Waals surface area (Å²) in [5.41, 5.74) is 4.65. The van der Waals surface area contributed by atoms with Crippen molar-refractivity contribution in [1.29, 1.82) is 0 Å². The summed E-state index contributed by atoms with van der Waals surface area (Å²) in [6.07, 6.45) is 10.5. The minimum Gasteiger partial charge on any atom is -0.497 e. The molecule has 0 saturated carbocycles. The molecule has 4 rings (SSSR count). The van der Waals surface area contributed by atoms with Crippen molar-refractivity contribution in [1.82, 2.24) is 0 Å². The van der Waals surface area contributed by atoms with E-state index < -0.39 is 0 Å². The molecule has 0 radical (unpaired) electrons. The Morgan fingerprint density at radius 3 is 2.53 bits per heavy atom. The second kappa shape index (κ2) is 10.5. The summed E-state index contributed by atoms with van der Waals surface area (Å²) in [6, 6.07) is 12.3. The molecule has 0 saturated heterocycles. The molecule has 0 fully saturated rings. The number of benzene rings is 2. The predicted molar refractivity (Wildman–Crippen MR) is 125 cm³/mol. The first-order chi connectivity index (χ1) is 14.3. The van der Waals surface area contributed by atoms with Gasteiger partial charge in [-0.1, -0.05) is 50.8 Å². The van der Waals surface area contributed by atoms with E-state index in [9.17, 15) is 0 Å². The van der Waals surface area contributed by atoms with E-state index in [1.54, 1.807) is 7.11 Å². The lowest BCUT2D eigenvalue weighted by atomic mass is 9.85. The Labute approximate surface area is 185 Å². The van der Waals surface area contributed by atoms with Crippen LogP contribution in [-0.4, -0.2) is 26.2 Å². The molecule has 0 aromatic heterocycles. The normalized spacial score (nSPS) is 16.7. The highest BCUT2D eigenvalue weighted by Crippen LogP contribution is 2.40. The Hall–Kier alpha value is -2.46. The number of nitrogens with zero attached hydrogens (tertiary/aromatic N) is 1. The smallest absolute Gasteiger partial charge is 0.231 e. The number of ether oxygens (including phenoxy) is 3. The molecule has 2 aromatic rings. The third-order valence-corrected chi connectivity index (χ3v) is 5.70. The topological polar surface area (TPSA) is 40.0 Å². The fraction of sp³-hybridized carbons (Fsp3) is 0.400. The molecule has 2 aromatic carbocycles. The zero-order chi connectivity index (χ0) is 20.1. The Morgan fingerprint density at radius 1 is 1.03 bits per heavy atom. The van der Waals surface area contributed by atoms with Crippen LogP contribution in [0.2, 0.25) is 0 Å². The maximum Gasteiger partial charge on any atom is 0.231 e. The van der Waals surface area contributed by atoms with Crippen molar-refractivity contribution in [3.05, 3.63) is 59.2 Å². The van der Waals surface area contributed by atoms with Crippen LogP contribution < -0.4 is 14.2 Å². The summed E-state index contributed by atoms with van der Waals surface area (Å²) >= 11 is 0. The first kappa shape index (κ1) is 22.2. The van der Waals surface area contributed by atoms with Crippen LogP contribution in [0.15, 0.2) is 47.5 Å². The molecular formula is C25H30ClNO3. The standard InChI is InChI=1S/C25H29NO3.ClH/c1-3-4-5-6-7-19-16-26-23(13-10-18-8-11-20(27-2)12-9-18)22-15-25-24(14-21(19)22)28-17-29-25;/h8-15,19H,3-7,16-17H2,1-2H3;1H. The molecule has 1 unspecified atom stereocenters. The van der Waals surface area contributed by atoms with Crippen LogP contribution in [-0.2, 0) is 0 Å². The Morgan fingerprint density at radius 2 is 1.80 bits per heavy atom. The molecule has 0 spiro atoms. The van der Waals surface area contributed by atoms with Crippen LogP contribution in [0, 0.1) is 0 Å². The molecule has 0 amide bonds. The van der Waals surface area contributed by atoms with Crippen molar-refractivity contribution in [2.24, 2.45) is 4.99 Å². The van der Waals surface area contributed by atoms with Gasteiger partial charge in [-0.25, -0.2) is 0 Å². The van der Waals surface area contributed by atoms with E-state index in [2.05, 4.69) is 43.3 Å². The second-order valence-corrected chi connectivity index (χ2v) is 7.67. The number of aliphatic imine (C=N–C) groups is 1. The summed E-state index contributed by atoms with van der Waals surface area (Å²) in [5, 5.41) is 0. The zero-order valence-electron chi connectivity index (χ0n) is 17.7. The van der Waals surface area contributed by atoms with E-state index in [-0.39, 0.29) is 12.4 Å². The van der Waals surface area contributed by atoms with Gasteiger partial charge in [-0.15, -0.1) is 12.4 Å². The van der Waals surface area contributed by atoms with E-state index in [4.69, 9.17) is 19.2 Å². The molecule has 5 heteroatoms. The van der Waals surface area contributed by atoms with Gasteiger partial charge in [0.1, 0.15) is 5.75 Å². The number of rotatable bonds is 8. The van der Waals surface area contributed by atoms with Crippen LogP contribution in [0.5, 0.6) is 17.2 Å². The fourth-order valence-electron chi connectivity index (χ4n) is 4.01. The Balaban J connectivity index is 0.00000256. The molecular weight excluding hydrogens is 398 g/mol. The fourth-order valence-corrected chi connectivity index (χ4v) is 4.01. The SMILES string of the molecule is CCCCCCC1CN=C(C=Cc2ccc(OC)cc2)c2cc3c(cc21)OCO3.Cl. The van der Waals surface area contributed by atoms with Crippen molar-refractivity contribution in [2.75, 3.05) is 20.4 Å². The minimum absolute atomic E-state index is 0. The second-order valence-electron chi connectivity index (χ2n) is 7.67. The van der Waals surface area contributed by atoms with Crippen molar-refractivity contribution >= 4 is 24.2 Å². The molecule has 0 N–H and O–H groups in total. The van der Waals surface area contributed by atoms with Crippen molar-refractivity contribution in [3.8, 4) is 17.2 Å². The van der Waals surface area contributed by atoms with Crippen LogP contribution in [0.3, 0.4) is 0 Å². The average Bonchev–Trinajstić information content (AvgIpc) is 3.22. The van der Waals surface area contributed by atoms with Gasteiger partial charge in [0.15, 0.2) is 11.5 Å². The highest BCUT2D eigenvalue weighted by atomic mass is 35.5. The maximum atomic E-state index is 5.65. The van der Waals surface area contributed by atoms with Gasteiger partial charge in [0.25, 0.3) is 0 Å². The minimum atomic E-state index is 0. The number of halogens is 1. The molecule has 160 valence electrons. The molecule has 30 heavy (non-hydrogen) atoms. The molecule has 0 bridgehead atoms. The van der Waals surface area contributed by atoms with Gasteiger partial charge in [0.05, 0.1) is 12.8 Å². The van der Waals surface area contributed by atoms with Crippen molar-refractivity contribution in [3.63, 3.8) is 0 Å². The summed E-state index contributed by atoms with van der Waals surface area (Å²) in [5.74, 6) is 3.00. The number of methoxy groups -OCH3 is 1. The lowest BCUT2D eigenvalue weighted by Gasteiger charge is -2.24. The summed E-state index contributed by atoms with van der Waals surface area (Å²) in [6.45, 7) is 3.39. The summed E-state index contributed by atoms with van der Waals surface area (Å²) in [7, 11) is 1.68. The molecule has 0 aliphatic carbocycles. The maximum absolute atomic E-state index is 5.65. The monoisotopic (exact) mass is 427 g/mol. The van der Waals surface area contributed by atoms with Crippen LogP contribution in [0.1, 0.15) is 61.6 Å².